The Balaban J connectivity index is 1.70. The third kappa shape index (κ3) is 6.52. The summed E-state index contributed by atoms with van der Waals surface area (Å²) >= 11 is 0. The van der Waals surface area contributed by atoms with Crippen molar-refractivity contribution >= 4 is 0 Å². The van der Waals surface area contributed by atoms with Gasteiger partial charge in [0.15, 0.2) is 0 Å². The Labute approximate surface area is 141 Å². The van der Waals surface area contributed by atoms with Gasteiger partial charge in [-0.1, -0.05) is 58.1 Å². The van der Waals surface area contributed by atoms with Crippen LogP contribution in [-0.4, -0.2) is 25.9 Å². The monoisotopic (exact) mass is 320 g/mol. The number of hydrogen-bond acceptors (Lipinski definition) is 3. The van der Waals surface area contributed by atoms with Crippen LogP contribution in [0.3, 0.4) is 0 Å². The smallest absolute Gasteiger partial charge is 0.119 e. The Morgan fingerprint density at radius 1 is 0.913 bits per heavy atom. The predicted octanol–water partition coefficient (Wildman–Crippen LogP) is 5.29. The summed E-state index contributed by atoms with van der Waals surface area (Å²) in [5.74, 6) is 0.938. The SMILES string of the molecule is CCCCCC[C@@H]1CO[C@@H](c2ccc(OCCCC)cc2)CO1. The van der Waals surface area contributed by atoms with Crippen molar-refractivity contribution in [2.75, 3.05) is 19.8 Å². The van der Waals surface area contributed by atoms with Crippen LogP contribution in [0.5, 0.6) is 5.75 Å². The molecule has 0 aromatic heterocycles. The van der Waals surface area contributed by atoms with E-state index in [1.54, 1.807) is 0 Å². The molecule has 3 heteroatoms. The van der Waals surface area contributed by atoms with Gasteiger partial charge in [-0.2, -0.15) is 0 Å². The van der Waals surface area contributed by atoms with Gasteiger partial charge in [0.25, 0.3) is 0 Å². The zero-order valence-corrected chi connectivity index (χ0v) is 14.8. The molecule has 0 radical (unpaired) electrons. The molecule has 0 amide bonds. The molecular weight excluding hydrogens is 288 g/mol. The van der Waals surface area contributed by atoms with Crippen molar-refractivity contribution in [1.29, 1.82) is 0 Å². The fourth-order valence-corrected chi connectivity index (χ4v) is 2.81. The maximum atomic E-state index is 6.01. The van der Waals surface area contributed by atoms with Crippen molar-refractivity contribution < 1.29 is 14.2 Å². The standard InChI is InChI=1S/C20H32O3/c1-3-5-7-8-9-19-15-23-20(16-22-19)17-10-12-18(13-11-17)21-14-6-4-2/h10-13,19-20H,3-9,14-16H2,1-2H3/t19-,20-/m1/s1. The molecule has 1 aromatic carbocycles. The van der Waals surface area contributed by atoms with Crippen LogP contribution in [0, 0.1) is 0 Å². The quantitative estimate of drug-likeness (QED) is 0.548. The average Bonchev–Trinajstić information content (AvgIpc) is 2.60. The van der Waals surface area contributed by atoms with Crippen LogP contribution in [0.2, 0.25) is 0 Å². The van der Waals surface area contributed by atoms with Gasteiger partial charge < -0.3 is 14.2 Å². The Morgan fingerprint density at radius 2 is 1.70 bits per heavy atom. The molecule has 1 saturated heterocycles. The van der Waals surface area contributed by atoms with Crippen molar-refractivity contribution in [1.82, 2.24) is 0 Å². The van der Waals surface area contributed by atoms with E-state index in [9.17, 15) is 0 Å². The second-order valence-corrected chi connectivity index (χ2v) is 6.40. The Hall–Kier alpha value is -1.06. The van der Waals surface area contributed by atoms with Crippen molar-refractivity contribution in [3.63, 3.8) is 0 Å². The summed E-state index contributed by atoms with van der Waals surface area (Å²) < 4.78 is 17.7. The normalized spacial score (nSPS) is 21.3. The molecule has 1 aliphatic heterocycles. The summed E-state index contributed by atoms with van der Waals surface area (Å²) in [6.45, 7) is 6.58. The van der Waals surface area contributed by atoms with E-state index in [4.69, 9.17) is 14.2 Å². The van der Waals surface area contributed by atoms with Crippen LogP contribution in [0.1, 0.15) is 70.5 Å². The van der Waals surface area contributed by atoms with Crippen molar-refractivity contribution in [2.24, 2.45) is 0 Å². The minimum atomic E-state index is 0.0617. The zero-order chi connectivity index (χ0) is 16.3. The number of unbranched alkanes of at least 4 members (excludes halogenated alkanes) is 4. The average molecular weight is 320 g/mol. The summed E-state index contributed by atoms with van der Waals surface area (Å²) in [6, 6.07) is 8.25. The summed E-state index contributed by atoms with van der Waals surface area (Å²) in [5, 5.41) is 0. The van der Waals surface area contributed by atoms with Gasteiger partial charge in [-0.15, -0.1) is 0 Å². The van der Waals surface area contributed by atoms with Crippen molar-refractivity contribution in [3.05, 3.63) is 29.8 Å². The van der Waals surface area contributed by atoms with Gasteiger partial charge in [0.1, 0.15) is 11.9 Å². The molecule has 0 bridgehead atoms. The van der Waals surface area contributed by atoms with E-state index in [0.29, 0.717) is 13.2 Å². The molecule has 1 heterocycles. The molecule has 0 N–H and O–H groups in total. The van der Waals surface area contributed by atoms with Gasteiger partial charge in [-0.05, 0) is 30.5 Å². The van der Waals surface area contributed by atoms with Crippen LogP contribution in [0.25, 0.3) is 0 Å². The molecule has 0 saturated carbocycles. The predicted molar refractivity (Wildman–Crippen MR) is 94.0 cm³/mol. The third-order valence-electron chi connectivity index (χ3n) is 4.36. The van der Waals surface area contributed by atoms with E-state index in [-0.39, 0.29) is 12.2 Å². The summed E-state index contributed by atoms with van der Waals surface area (Å²) in [4.78, 5) is 0. The first kappa shape index (κ1) is 18.3. The van der Waals surface area contributed by atoms with Crippen LogP contribution >= 0.6 is 0 Å². The molecule has 3 nitrogen and oxygen atoms in total. The molecule has 23 heavy (non-hydrogen) atoms. The molecular formula is C20H32O3. The Bertz CT molecular complexity index is 407. The number of ether oxygens (including phenoxy) is 3. The van der Waals surface area contributed by atoms with Gasteiger partial charge in [0.05, 0.1) is 25.9 Å². The Kier molecular flexibility index (Phi) is 8.48. The highest BCUT2D eigenvalue weighted by molar-refractivity contribution is 5.28. The maximum Gasteiger partial charge on any atom is 0.119 e. The largest absolute Gasteiger partial charge is 0.494 e. The first-order chi connectivity index (χ1) is 11.3. The van der Waals surface area contributed by atoms with Crippen LogP contribution in [0.15, 0.2) is 24.3 Å². The second kappa shape index (κ2) is 10.7. The molecule has 1 aromatic rings. The number of benzene rings is 1. The van der Waals surface area contributed by atoms with E-state index in [1.807, 2.05) is 12.1 Å². The highest BCUT2D eigenvalue weighted by Gasteiger charge is 2.23. The molecule has 2 rings (SSSR count). The topological polar surface area (TPSA) is 27.7 Å². The lowest BCUT2D eigenvalue weighted by Crippen LogP contribution is -2.31. The minimum Gasteiger partial charge on any atom is -0.494 e. The summed E-state index contributed by atoms with van der Waals surface area (Å²) in [6.07, 6.45) is 8.87. The first-order valence-corrected chi connectivity index (χ1v) is 9.29. The fourth-order valence-electron chi connectivity index (χ4n) is 2.81. The third-order valence-corrected chi connectivity index (χ3v) is 4.36. The number of rotatable bonds is 10. The van der Waals surface area contributed by atoms with E-state index < -0.39 is 0 Å². The van der Waals surface area contributed by atoms with Gasteiger partial charge in [0.2, 0.25) is 0 Å². The van der Waals surface area contributed by atoms with Crippen LogP contribution < -0.4 is 4.74 Å². The van der Waals surface area contributed by atoms with Crippen LogP contribution in [-0.2, 0) is 9.47 Å². The highest BCUT2D eigenvalue weighted by atomic mass is 16.6. The number of hydrogen-bond donors (Lipinski definition) is 0. The van der Waals surface area contributed by atoms with E-state index >= 15 is 0 Å². The second-order valence-electron chi connectivity index (χ2n) is 6.40. The molecule has 0 spiro atoms. The van der Waals surface area contributed by atoms with Crippen molar-refractivity contribution in [3.8, 4) is 5.75 Å². The maximum absolute atomic E-state index is 6.01. The lowest BCUT2D eigenvalue weighted by molar-refractivity contribution is -0.137. The zero-order valence-electron chi connectivity index (χ0n) is 14.8. The Morgan fingerprint density at radius 3 is 2.35 bits per heavy atom. The van der Waals surface area contributed by atoms with E-state index in [0.717, 1.165) is 31.6 Å². The van der Waals surface area contributed by atoms with E-state index in [2.05, 4.69) is 26.0 Å². The lowest BCUT2D eigenvalue weighted by atomic mass is 10.1. The van der Waals surface area contributed by atoms with Crippen LogP contribution in [0.4, 0.5) is 0 Å². The molecule has 2 atom stereocenters. The molecule has 1 aliphatic rings. The van der Waals surface area contributed by atoms with E-state index in [1.165, 1.54) is 31.2 Å². The lowest BCUT2D eigenvalue weighted by Gasteiger charge is -2.30. The fraction of sp³-hybridized carbons (Fsp3) is 0.700. The summed E-state index contributed by atoms with van der Waals surface area (Å²) in [7, 11) is 0. The minimum absolute atomic E-state index is 0.0617. The van der Waals surface area contributed by atoms with Gasteiger partial charge >= 0.3 is 0 Å². The summed E-state index contributed by atoms with van der Waals surface area (Å²) in [5.41, 5.74) is 1.18. The first-order valence-electron chi connectivity index (χ1n) is 9.29. The van der Waals surface area contributed by atoms with Gasteiger partial charge in [-0.25, -0.2) is 0 Å². The molecule has 0 unspecified atom stereocenters. The molecule has 130 valence electrons. The molecule has 0 aliphatic carbocycles. The van der Waals surface area contributed by atoms with Gasteiger partial charge in [-0.3, -0.25) is 0 Å². The van der Waals surface area contributed by atoms with Gasteiger partial charge in [0, 0.05) is 0 Å². The highest BCUT2D eigenvalue weighted by Crippen LogP contribution is 2.26. The molecule has 1 fully saturated rings. The van der Waals surface area contributed by atoms with Crippen molar-refractivity contribution in [2.45, 2.75) is 71.0 Å².